The average molecular weight is 361 g/mol. The van der Waals surface area contributed by atoms with Gasteiger partial charge in [0.15, 0.2) is 5.13 Å². The maximum atomic E-state index is 11.7. The number of carbonyl (C=O) groups is 1. The lowest BCUT2D eigenvalue weighted by molar-refractivity contribution is -0.115. The van der Waals surface area contributed by atoms with Crippen LogP contribution in [0.4, 0.5) is 5.13 Å². The molecule has 1 saturated carbocycles. The molecular weight excluding hydrogens is 343 g/mol. The maximum Gasteiger partial charge on any atom is 0.240 e. The Morgan fingerprint density at radius 1 is 1.27 bits per heavy atom. The predicted molar refractivity (Wildman–Crippen MR) is 94.1 cm³/mol. The third kappa shape index (κ3) is 5.53. The van der Waals surface area contributed by atoms with Crippen LogP contribution < -0.4 is 10.6 Å². The highest BCUT2D eigenvalue weighted by molar-refractivity contribution is 7.14. The molecule has 0 radical (unpaired) electrons. The van der Waals surface area contributed by atoms with E-state index >= 15 is 0 Å². The number of halogens is 2. The van der Waals surface area contributed by atoms with E-state index in [-0.39, 0.29) is 30.7 Å². The Morgan fingerprint density at radius 2 is 2.09 bits per heavy atom. The van der Waals surface area contributed by atoms with Gasteiger partial charge in [0, 0.05) is 11.6 Å². The summed E-state index contributed by atoms with van der Waals surface area (Å²) in [6.45, 7) is 1.28. The molecule has 1 amide bonds. The number of hydrogen-bond acceptors (Lipinski definition) is 5. The van der Waals surface area contributed by atoms with Crippen molar-refractivity contribution in [3.8, 4) is 11.4 Å². The number of pyridine rings is 1. The molecule has 1 aliphatic carbocycles. The lowest BCUT2D eigenvalue weighted by atomic mass is 10.3. The van der Waals surface area contributed by atoms with Gasteiger partial charge in [-0.1, -0.05) is 6.07 Å². The fourth-order valence-corrected chi connectivity index (χ4v) is 2.56. The number of anilines is 1. The van der Waals surface area contributed by atoms with Crippen LogP contribution in [0.2, 0.25) is 0 Å². The topological polar surface area (TPSA) is 66.9 Å². The molecule has 8 heteroatoms. The summed E-state index contributed by atoms with van der Waals surface area (Å²) < 4.78 is 0. The van der Waals surface area contributed by atoms with E-state index in [0.29, 0.717) is 11.7 Å². The molecule has 5 nitrogen and oxygen atoms in total. The molecule has 0 unspecified atom stereocenters. The lowest BCUT2D eigenvalue weighted by Crippen LogP contribution is -2.29. The Kier molecular flexibility index (Phi) is 7.75. The van der Waals surface area contributed by atoms with Gasteiger partial charge in [-0.2, -0.15) is 0 Å². The minimum Gasteiger partial charge on any atom is -0.308 e. The van der Waals surface area contributed by atoms with Crippen LogP contribution in [0, 0.1) is 5.92 Å². The normalized spacial score (nSPS) is 12.9. The van der Waals surface area contributed by atoms with Crippen LogP contribution >= 0.6 is 36.2 Å². The highest BCUT2D eigenvalue weighted by Crippen LogP contribution is 2.27. The Bertz CT molecular complexity index is 590. The van der Waals surface area contributed by atoms with Crippen molar-refractivity contribution in [3.63, 3.8) is 0 Å². The van der Waals surface area contributed by atoms with Crippen molar-refractivity contribution in [1.82, 2.24) is 15.3 Å². The van der Waals surface area contributed by atoms with Crippen molar-refractivity contribution in [2.45, 2.75) is 12.8 Å². The zero-order chi connectivity index (χ0) is 13.8. The van der Waals surface area contributed by atoms with Gasteiger partial charge in [0.05, 0.1) is 12.2 Å². The summed E-state index contributed by atoms with van der Waals surface area (Å²) in [7, 11) is 0. The Labute approximate surface area is 145 Å². The van der Waals surface area contributed by atoms with Gasteiger partial charge in [0.1, 0.15) is 5.69 Å². The fraction of sp³-hybridized carbons (Fsp3) is 0.357. The third-order valence-electron chi connectivity index (χ3n) is 3.09. The standard InChI is InChI=1S/C14H16N4OS.2ClH/c19-13(8-15-7-10-4-5-10)18-14-17-12(9-20-14)11-3-1-2-6-16-11;;/h1-3,6,9-10,15H,4-5,7-8H2,(H,17,18,19);2*1H. The van der Waals surface area contributed by atoms with Gasteiger partial charge in [-0.3, -0.25) is 9.78 Å². The van der Waals surface area contributed by atoms with E-state index < -0.39 is 0 Å². The molecular formula is C14H18Cl2N4OS. The third-order valence-corrected chi connectivity index (χ3v) is 3.85. The molecule has 22 heavy (non-hydrogen) atoms. The quantitative estimate of drug-likeness (QED) is 0.830. The van der Waals surface area contributed by atoms with Crippen LogP contribution in [0.15, 0.2) is 29.8 Å². The predicted octanol–water partition coefficient (Wildman–Crippen LogP) is 2.99. The molecule has 0 atom stereocenters. The van der Waals surface area contributed by atoms with Gasteiger partial charge in [-0.05, 0) is 37.4 Å². The molecule has 2 heterocycles. The van der Waals surface area contributed by atoms with Crippen LogP contribution in [0.3, 0.4) is 0 Å². The van der Waals surface area contributed by atoms with Gasteiger partial charge in [-0.25, -0.2) is 4.98 Å². The number of amides is 1. The molecule has 2 N–H and O–H groups in total. The molecule has 0 aromatic carbocycles. The second kappa shape index (κ2) is 9.05. The van der Waals surface area contributed by atoms with Crippen LogP contribution in [0.1, 0.15) is 12.8 Å². The summed E-state index contributed by atoms with van der Waals surface area (Å²) in [5.74, 6) is 0.728. The molecule has 0 bridgehead atoms. The molecule has 1 aliphatic rings. The van der Waals surface area contributed by atoms with Gasteiger partial charge in [0.2, 0.25) is 5.91 Å². The monoisotopic (exact) mass is 360 g/mol. The molecule has 0 saturated heterocycles. The van der Waals surface area contributed by atoms with Crippen molar-refractivity contribution in [2.75, 3.05) is 18.4 Å². The zero-order valence-electron chi connectivity index (χ0n) is 11.8. The molecule has 2 aromatic rings. The number of nitrogens with zero attached hydrogens (tertiary/aromatic N) is 2. The van der Waals surface area contributed by atoms with E-state index in [0.717, 1.165) is 23.9 Å². The van der Waals surface area contributed by atoms with Crippen LogP contribution in [-0.4, -0.2) is 29.0 Å². The van der Waals surface area contributed by atoms with E-state index in [1.165, 1.54) is 24.2 Å². The molecule has 1 fully saturated rings. The number of thiazole rings is 1. The largest absolute Gasteiger partial charge is 0.308 e. The number of nitrogens with one attached hydrogen (secondary N) is 2. The smallest absolute Gasteiger partial charge is 0.240 e. The Balaban J connectivity index is 0.00000121. The van der Waals surface area contributed by atoms with E-state index in [9.17, 15) is 4.79 Å². The van der Waals surface area contributed by atoms with Crippen molar-refractivity contribution in [1.29, 1.82) is 0 Å². The van der Waals surface area contributed by atoms with Crippen molar-refractivity contribution >= 4 is 47.2 Å². The molecule has 120 valence electrons. The fourth-order valence-electron chi connectivity index (χ4n) is 1.84. The second-order valence-corrected chi connectivity index (χ2v) is 5.73. The lowest BCUT2D eigenvalue weighted by Gasteiger charge is -2.03. The first-order valence-corrected chi connectivity index (χ1v) is 7.57. The van der Waals surface area contributed by atoms with Gasteiger partial charge >= 0.3 is 0 Å². The second-order valence-electron chi connectivity index (χ2n) is 4.88. The first kappa shape index (κ1) is 18.8. The summed E-state index contributed by atoms with van der Waals surface area (Å²) in [5.41, 5.74) is 1.60. The summed E-state index contributed by atoms with van der Waals surface area (Å²) in [6, 6.07) is 5.68. The van der Waals surface area contributed by atoms with Gasteiger partial charge < -0.3 is 10.6 Å². The van der Waals surface area contributed by atoms with Crippen LogP contribution in [0.5, 0.6) is 0 Å². The van der Waals surface area contributed by atoms with Crippen molar-refractivity contribution < 1.29 is 4.79 Å². The summed E-state index contributed by atoms with van der Waals surface area (Å²) in [5, 5.41) is 8.48. The summed E-state index contributed by atoms with van der Waals surface area (Å²) >= 11 is 1.41. The summed E-state index contributed by atoms with van der Waals surface area (Å²) in [4.78, 5) is 20.3. The Morgan fingerprint density at radius 3 is 2.77 bits per heavy atom. The van der Waals surface area contributed by atoms with E-state index in [4.69, 9.17) is 0 Å². The first-order chi connectivity index (χ1) is 9.81. The van der Waals surface area contributed by atoms with Crippen molar-refractivity contribution in [2.24, 2.45) is 5.92 Å². The van der Waals surface area contributed by atoms with E-state index in [2.05, 4.69) is 20.6 Å². The van der Waals surface area contributed by atoms with Crippen LogP contribution in [-0.2, 0) is 4.79 Å². The SMILES string of the molecule is Cl.Cl.O=C(CNCC1CC1)Nc1nc(-c2ccccn2)cs1. The maximum absolute atomic E-state index is 11.7. The van der Waals surface area contributed by atoms with Gasteiger partial charge in [-0.15, -0.1) is 36.2 Å². The zero-order valence-corrected chi connectivity index (χ0v) is 14.3. The highest BCUT2D eigenvalue weighted by atomic mass is 35.5. The summed E-state index contributed by atoms with van der Waals surface area (Å²) in [6.07, 6.45) is 4.30. The highest BCUT2D eigenvalue weighted by Gasteiger charge is 2.20. The molecule has 3 rings (SSSR count). The molecule has 0 aliphatic heterocycles. The van der Waals surface area contributed by atoms with Crippen molar-refractivity contribution in [3.05, 3.63) is 29.8 Å². The number of aromatic nitrogens is 2. The average Bonchev–Trinajstić information content (AvgIpc) is 3.17. The minimum absolute atomic E-state index is 0. The van der Waals surface area contributed by atoms with E-state index in [1.807, 2.05) is 23.6 Å². The number of carbonyl (C=O) groups excluding carboxylic acids is 1. The van der Waals surface area contributed by atoms with Gasteiger partial charge in [0.25, 0.3) is 0 Å². The first-order valence-electron chi connectivity index (χ1n) is 6.69. The Hall–Kier alpha value is -1.21. The minimum atomic E-state index is -0.0485. The molecule has 2 aromatic heterocycles. The van der Waals surface area contributed by atoms with E-state index in [1.54, 1.807) is 6.20 Å². The molecule has 0 spiro atoms. The van der Waals surface area contributed by atoms with Crippen LogP contribution in [0.25, 0.3) is 11.4 Å². The number of hydrogen-bond donors (Lipinski definition) is 2. The number of rotatable bonds is 6.